The topological polar surface area (TPSA) is 0 Å². The number of hydrogen-bond donors (Lipinski definition) is 0. The molecule has 0 aromatic rings. The Bertz CT molecular complexity index is 1250. The van der Waals surface area contributed by atoms with Crippen molar-refractivity contribution in [3.63, 3.8) is 0 Å². The van der Waals surface area contributed by atoms with Crippen LogP contribution in [0.3, 0.4) is 0 Å². The molecule has 0 aromatic heterocycles. The first-order valence-electron chi connectivity index (χ1n) is 14.1. The predicted molar refractivity (Wildman–Crippen MR) is 121 cm³/mol. The normalized spacial score (nSPS) is 87.8. The molecule has 0 radical (unpaired) electrons. The van der Waals surface area contributed by atoms with Crippen LogP contribution in [0, 0.1) is 0 Å². The summed E-state index contributed by atoms with van der Waals surface area (Å²) in [5, 5.41) is 0. The fourth-order valence-corrected chi connectivity index (χ4v) is 118. The molecule has 10 saturated heterocycles. The SMILES string of the molecule is CCC[C]12[CH]3[CH]4[CH]5[C]1(CCC)[Fe]43521678[CH]2[C]1(CCC)[C]6(CCC)[C]7(CCC)[C]28CCC. The standard InChI is InChI=1S/C17H29.C11H17.Fe/c1-5-9-14-13-15(10-6-2)17(12-8-4)16(14)11-7-3;1-3-6-10-8-5-9-11(10)7-4-2;/h13H,5-12H2,1-4H3;5,8-9H,3-4,6-7H2,1-2H3;. The zero-order chi connectivity index (χ0) is 20.1. The molecule has 10 fully saturated rings. The number of hydrogen-bond acceptors (Lipinski definition) is 0. The minimum absolute atomic E-state index is 1.03. The molecular weight excluding hydrogens is 392 g/mol. The summed E-state index contributed by atoms with van der Waals surface area (Å²) in [6.07, 6.45) is 19.5. The quantitative estimate of drug-likeness (QED) is 0.266. The van der Waals surface area contributed by atoms with Crippen LogP contribution < -0.4 is 0 Å². The van der Waals surface area contributed by atoms with Gasteiger partial charge in [0.15, 0.2) is 0 Å². The van der Waals surface area contributed by atoms with Gasteiger partial charge >= 0.3 is 170 Å². The molecule has 1 heteroatoms. The van der Waals surface area contributed by atoms with Gasteiger partial charge in [-0.05, 0) is 0 Å². The first-order valence-corrected chi connectivity index (χ1v) is 19.9. The van der Waals surface area contributed by atoms with Crippen molar-refractivity contribution in [1.29, 1.82) is 0 Å². The summed E-state index contributed by atoms with van der Waals surface area (Å²) >= 11 is 0. The molecule has 166 valence electrons. The molecule has 0 aliphatic carbocycles. The van der Waals surface area contributed by atoms with Crippen LogP contribution in [-0.2, 0) is 6.51 Å². The summed E-state index contributed by atoms with van der Waals surface area (Å²) in [6, 6.07) is 0. The van der Waals surface area contributed by atoms with Crippen LogP contribution in [0.5, 0.6) is 0 Å². The summed E-state index contributed by atoms with van der Waals surface area (Å²) < 4.78 is 6.22. The van der Waals surface area contributed by atoms with Crippen molar-refractivity contribution >= 4 is 0 Å². The first kappa shape index (κ1) is 16.2. The Kier molecular flexibility index (Phi) is 1.08. The van der Waals surface area contributed by atoms with Crippen LogP contribution >= 0.6 is 0 Å². The molecule has 10 aliphatic rings. The summed E-state index contributed by atoms with van der Waals surface area (Å²) in [7, 11) is 0. The van der Waals surface area contributed by atoms with E-state index in [0.717, 1.165) is 25.9 Å². The van der Waals surface area contributed by atoms with Gasteiger partial charge in [-0.25, -0.2) is 0 Å². The summed E-state index contributed by atoms with van der Waals surface area (Å²) in [6.45, 7) is 11.7. The Labute approximate surface area is 170 Å². The molecule has 0 bridgehead atoms. The van der Waals surface area contributed by atoms with E-state index in [0.29, 0.717) is 0 Å². The van der Waals surface area contributed by atoms with Gasteiger partial charge in [0, 0.05) is 0 Å². The van der Waals surface area contributed by atoms with E-state index in [9.17, 15) is 0 Å². The Morgan fingerprint density at radius 2 is 0.828 bits per heavy atom. The third-order valence-electron chi connectivity index (χ3n) is 21.0. The molecule has 10 rings (SSSR count). The molecule has 0 nitrogen and oxygen atoms in total. The van der Waals surface area contributed by atoms with E-state index in [2.05, 4.69) is 41.5 Å². The maximum absolute atomic E-state index is 3.82. The van der Waals surface area contributed by atoms with Crippen LogP contribution in [0.2, 0.25) is 45.1 Å². The van der Waals surface area contributed by atoms with Gasteiger partial charge in [-0.2, -0.15) is 0 Å². The molecule has 0 saturated carbocycles. The molecule has 29 heavy (non-hydrogen) atoms. The third kappa shape index (κ3) is 0.213. The van der Waals surface area contributed by atoms with E-state index < -0.39 is 6.51 Å². The van der Waals surface area contributed by atoms with Gasteiger partial charge in [-0.3, -0.25) is 0 Å². The van der Waals surface area contributed by atoms with Crippen LogP contribution in [-0.4, -0.2) is 0 Å². The monoisotopic (exact) mass is 438 g/mol. The summed E-state index contributed by atoms with van der Waals surface area (Å²) in [5.41, 5.74) is 0. The Hall–Kier alpha value is 0.519. The van der Waals surface area contributed by atoms with Crippen molar-refractivity contribution in [3.05, 3.63) is 0 Å². The molecule has 8 unspecified atom stereocenters. The minimum atomic E-state index is -3.82. The predicted octanol–water partition coefficient (Wildman–Crippen LogP) is 10.4. The van der Waals surface area contributed by atoms with Gasteiger partial charge in [0.1, 0.15) is 0 Å². The van der Waals surface area contributed by atoms with E-state index >= 15 is 0 Å². The summed E-state index contributed by atoms with van der Waals surface area (Å²) in [5.74, 6) is 0. The first-order chi connectivity index (χ1) is 13.9. The van der Waals surface area contributed by atoms with Gasteiger partial charge in [0.25, 0.3) is 0 Å². The number of fused-ring (bicyclic) bond motifs is 10. The summed E-state index contributed by atoms with van der Waals surface area (Å²) in [4.78, 5) is 5.70. The third-order valence-corrected chi connectivity index (χ3v) is 69.2. The van der Waals surface area contributed by atoms with Crippen LogP contribution in [0.15, 0.2) is 0 Å². The van der Waals surface area contributed by atoms with Crippen molar-refractivity contribution in [2.24, 2.45) is 0 Å². The fraction of sp³-hybridized carbons (Fsp3) is 1.00. The van der Waals surface area contributed by atoms with Crippen molar-refractivity contribution in [2.45, 2.75) is 164 Å². The van der Waals surface area contributed by atoms with Gasteiger partial charge in [0.2, 0.25) is 0 Å². The molecule has 0 aromatic carbocycles. The van der Waals surface area contributed by atoms with E-state index in [1.807, 2.05) is 0 Å². The average Bonchev–Trinajstić information content (AvgIpc) is 3.66. The van der Waals surface area contributed by atoms with Gasteiger partial charge < -0.3 is 0 Å². The molecular formula is C28H46Fe. The molecule has 0 N–H and O–H groups in total. The maximum atomic E-state index is 2.59. The van der Waals surface area contributed by atoms with Crippen LogP contribution in [0.25, 0.3) is 0 Å². The molecule has 0 amide bonds. The van der Waals surface area contributed by atoms with E-state index in [-0.39, 0.29) is 0 Å². The Balaban J connectivity index is 1.46. The second-order valence-electron chi connectivity index (χ2n) is 15.5. The van der Waals surface area contributed by atoms with Crippen molar-refractivity contribution in [1.82, 2.24) is 0 Å². The Morgan fingerprint density at radius 1 is 0.483 bits per heavy atom. The molecule has 1 spiro atoms. The average molecular weight is 439 g/mol. The van der Waals surface area contributed by atoms with Gasteiger partial charge in [0.05, 0.1) is 0 Å². The van der Waals surface area contributed by atoms with Crippen LogP contribution in [0.4, 0.5) is 0 Å². The molecule has 10 aliphatic heterocycles. The second kappa shape index (κ2) is 1.94. The van der Waals surface area contributed by atoms with Crippen molar-refractivity contribution in [3.8, 4) is 0 Å². The van der Waals surface area contributed by atoms with Gasteiger partial charge in [-0.1, -0.05) is 0 Å². The van der Waals surface area contributed by atoms with E-state index in [1.54, 1.807) is 38.5 Å². The zero-order valence-electron chi connectivity index (χ0n) is 20.1. The van der Waals surface area contributed by atoms with Crippen molar-refractivity contribution in [2.75, 3.05) is 0 Å². The fourth-order valence-electron chi connectivity index (χ4n) is 27.3. The molecule has 8 atom stereocenters. The second-order valence-corrected chi connectivity index (χ2v) is 38.0. The number of rotatable bonds is 12. The van der Waals surface area contributed by atoms with Crippen molar-refractivity contribution < 1.29 is 6.51 Å². The molecule has 10 heterocycles. The van der Waals surface area contributed by atoms with Crippen LogP contribution in [0.1, 0.15) is 119 Å². The van der Waals surface area contributed by atoms with E-state index in [1.165, 1.54) is 57.8 Å². The van der Waals surface area contributed by atoms with Gasteiger partial charge in [-0.15, -0.1) is 0 Å². The Morgan fingerprint density at radius 3 is 1.14 bits per heavy atom. The van der Waals surface area contributed by atoms with E-state index in [4.69, 9.17) is 0 Å². The zero-order valence-corrected chi connectivity index (χ0v) is 21.3.